The van der Waals surface area contributed by atoms with Crippen LogP contribution < -0.4 is 0 Å². The van der Waals surface area contributed by atoms with E-state index in [0.717, 1.165) is 18.9 Å². The molecule has 3 nitrogen and oxygen atoms in total. The van der Waals surface area contributed by atoms with Crippen molar-refractivity contribution in [2.45, 2.75) is 83.7 Å². The minimum absolute atomic E-state index is 0.380. The first kappa shape index (κ1) is 23.4. The second-order valence-electron chi connectivity index (χ2n) is 6.39. The summed E-state index contributed by atoms with van der Waals surface area (Å²) in [6.07, 6.45) is 26.7. The Bertz CT molecular complexity index is 419. The molecule has 2 N–H and O–H groups in total. The molecule has 0 bridgehead atoms. The second-order valence-corrected chi connectivity index (χ2v) is 6.39. The molecule has 1 atom stereocenters. The Hall–Kier alpha value is -1.61. The van der Waals surface area contributed by atoms with Crippen LogP contribution in [0.2, 0.25) is 0 Å². The maximum Gasteiger partial charge on any atom is 0.328 e. The molecule has 0 heterocycles. The Kier molecular flexibility index (Phi) is 17.5. The number of carbonyl (C=O) groups is 1. The minimum atomic E-state index is -0.955. The van der Waals surface area contributed by atoms with Crippen LogP contribution in [0.15, 0.2) is 48.6 Å². The van der Waals surface area contributed by atoms with E-state index in [9.17, 15) is 9.90 Å². The highest BCUT2D eigenvalue weighted by Crippen LogP contribution is 2.12. The van der Waals surface area contributed by atoms with Gasteiger partial charge in [0.05, 0.1) is 6.10 Å². The van der Waals surface area contributed by atoms with Gasteiger partial charge < -0.3 is 10.2 Å². The first-order valence-electron chi connectivity index (χ1n) is 9.76. The highest BCUT2D eigenvalue weighted by atomic mass is 16.4. The van der Waals surface area contributed by atoms with Crippen LogP contribution >= 0.6 is 0 Å². The summed E-state index contributed by atoms with van der Waals surface area (Å²) in [4.78, 5) is 10.2. The van der Waals surface area contributed by atoms with Crippen molar-refractivity contribution in [2.75, 3.05) is 0 Å². The van der Waals surface area contributed by atoms with Crippen LogP contribution in [0.3, 0.4) is 0 Å². The molecule has 0 aromatic rings. The second kappa shape index (κ2) is 18.7. The molecule has 0 saturated heterocycles. The van der Waals surface area contributed by atoms with Gasteiger partial charge in [-0.1, -0.05) is 114 Å². The molecule has 0 rings (SSSR count). The summed E-state index contributed by atoms with van der Waals surface area (Å²) in [5.74, 6) is -0.955. The van der Waals surface area contributed by atoms with Crippen LogP contribution in [0, 0.1) is 0 Å². The van der Waals surface area contributed by atoms with Gasteiger partial charge >= 0.3 is 5.97 Å². The van der Waals surface area contributed by atoms with E-state index in [1.54, 1.807) is 24.3 Å². The third-order valence-electron chi connectivity index (χ3n) is 3.98. The van der Waals surface area contributed by atoms with Crippen molar-refractivity contribution in [2.24, 2.45) is 0 Å². The lowest BCUT2D eigenvalue weighted by Crippen LogP contribution is -2.01. The first-order valence-corrected chi connectivity index (χ1v) is 9.76. The zero-order valence-corrected chi connectivity index (χ0v) is 15.8. The van der Waals surface area contributed by atoms with Gasteiger partial charge in [-0.3, -0.25) is 0 Å². The highest BCUT2D eigenvalue weighted by molar-refractivity contribution is 5.80. The number of aliphatic carboxylic acids is 1. The molecule has 0 radical (unpaired) electrons. The molecule has 0 saturated carbocycles. The van der Waals surface area contributed by atoms with Crippen LogP contribution in [-0.4, -0.2) is 22.3 Å². The number of rotatable bonds is 16. The van der Waals surface area contributed by atoms with Crippen LogP contribution in [0.1, 0.15) is 77.6 Å². The van der Waals surface area contributed by atoms with E-state index in [0.29, 0.717) is 0 Å². The summed E-state index contributed by atoms with van der Waals surface area (Å²) in [5.41, 5.74) is 0. The van der Waals surface area contributed by atoms with Crippen LogP contribution in [0.4, 0.5) is 0 Å². The Morgan fingerprint density at radius 3 is 1.80 bits per heavy atom. The Labute approximate surface area is 153 Å². The average molecular weight is 349 g/mol. The molecule has 0 aliphatic carbocycles. The summed E-state index contributed by atoms with van der Waals surface area (Å²) in [6, 6.07) is 0. The topological polar surface area (TPSA) is 57.5 Å². The maximum absolute atomic E-state index is 10.2. The van der Waals surface area contributed by atoms with Gasteiger partial charge in [0.25, 0.3) is 0 Å². The molecule has 0 aromatic heterocycles. The number of carboxylic acid groups (broad SMARTS) is 1. The Morgan fingerprint density at radius 2 is 1.24 bits per heavy atom. The van der Waals surface area contributed by atoms with Crippen molar-refractivity contribution < 1.29 is 15.0 Å². The summed E-state index contributed by atoms with van der Waals surface area (Å²) in [6.45, 7) is 2.25. The highest BCUT2D eigenvalue weighted by Gasteiger charge is 1.98. The van der Waals surface area contributed by atoms with Crippen LogP contribution in [0.5, 0.6) is 0 Å². The molecule has 1 unspecified atom stereocenters. The predicted octanol–water partition coefficient (Wildman–Crippen LogP) is 5.97. The van der Waals surface area contributed by atoms with Crippen molar-refractivity contribution >= 4 is 5.97 Å². The molecule has 3 heteroatoms. The van der Waals surface area contributed by atoms with E-state index in [4.69, 9.17) is 5.11 Å². The molecule has 0 amide bonds. The Morgan fingerprint density at radius 1 is 0.760 bits per heavy atom. The average Bonchev–Trinajstić information content (AvgIpc) is 2.58. The van der Waals surface area contributed by atoms with Gasteiger partial charge in [0, 0.05) is 6.08 Å². The SMILES string of the molecule is CCCCCCCCCCCCC(O)/C=C/C=C/C=C/C=C/C(=O)O. The third kappa shape index (κ3) is 20.3. The van der Waals surface area contributed by atoms with E-state index in [-0.39, 0.29) is 6.10 Å². The van der Waals surface area contributed by atoms with Gasteiger partial charge in [0.2, 0.25) is 0 Å². The van der Waals surface area contributed by atoms with Crippen LogP contribution in [0.25, 0.3) is 0 Å². The maximum atomic E-state index is 10.2. The van der Waals surface area contributed by atoms with Gasteiger partial charge in [-0.05, 0) is 6.42 Å². The van der Waals surface area contributed by atoms with E-state index >= 15 is 0 Å². The first-order chi connectivity index (χ1) is 12.2. The summed E-state index contributed by atoms with van der Waals surface area (Å²) in [5, 5.41) is 18.3. The lowest BCUT2D eigenvalue weighted by atomic mass is 10.0. The quantitative estimate of drug-likeness (QED) is 0.205. The number of aliphatic hydroxyl groups excluding tert-OH is 1. The van der Waals surface area contributed by atoms with Crippen molar-refractivity contribution in [1.82, 2.24) is 0 Å². The lowest BCUT2D eigenvalue weighted by Gasteiger charge is -2.05. The normalized spacial score (nSPS) is 13.7. The summed E-state index contributed by atoms with van der Waals surface area (Å²) < 4.78 is 0. The fourth-order valence-electron chi connectivity index (χ4n) is 2.52. The molecule has 0 aliphatic rings. The van der Waals surface area contributed by atoms with Crippen molar-refractivity contribution in [3.8, 4) is 0 Å². The van der Waals surface area contributed by atoms with E-state index in [1.807, 2.05) is 12.2 Å². The number of hydrogen-bond donors (Lipinski definition) is 2. The number of aliphatic hydroxyl groups is 1. The van der Waals surface area contributed by atoms with E-state index < -0.39 is 5.97 Å². The number of hydrogen-bond acceptors (Lipinski definition) is 2. The summed E-state index contributed by atoms with van der Waals surface area (Å²) >= 11 is 0. The van der Waals surface area contributed by atoms with Gasteiger partial charge in [-0.15, -0.1) is 0 Å². The number of carboxylic acids is 1. The number of allylic oxidation sites excluding steroid dienone is 6. The number of unbranched alkanes of at least 4 members (excludes halogenated alkanes) is 9. The zero-order chi connectivity index (χ0) is 18.6. The van der Waals surface area contributed by atoms with Crippen LogP contribution in [-0.2, 0) is 4.79 Å². The van der Waals surface area contributed by atoms with Crippen molar-refractivity contribution in [3.63, 3.8) is 0 Å². The molecular formula is C22H36O3. The smallest absolute Gasteiger partial charge is 0.328 e. The predicted molar refractivity (Wildman–Crippen MR) is 107 cm³/mol. The summed E-state index contributed by atoms with van der Waals surface area (Å²) in [7, 11) is 0. The van der Waals surface area contributed by atoms with E-state index in [2.05, 4.69) is 6.92 Å². The van der Waals surface area contributed by atoms with Gasteiger partial charge in [0.15, 0.2) is 0 Å². The molecule has 142 valence electrons. The van der Waals surface area contributed by atoms with Gasteiger partial charge in [0.1, 0.15) is 0 Å². The monoisotopic (exact) mass is 348 g/mol. The standard InChI is InChI=1S/C22H36O3/c1-2-3-4-5-6-7-8-9-12-15-18-21(23)19-16-13-10-11-14-17-20-22(24)25/h10-11,13-14,16-17,19-21,23H,2-9,12,15,18H2,1H3,(H,24,25)/b13-10+,14-11+,19-16+,20-17+. The third-order valence-corrected chi connectivity index (χ3v) is 3.98. The van der Waals surface area contributed by atoms with Crippen molar-refractivity contribution in [3.05, 3.63) is 48.6 Å². The minimum Gasteiger partial charge on any atom is -0.478 e. The molecule has 0 fully saturated rings. The van der Waals surface area contributed by atoms with Gasteiger partial charge in [-0.25, -0.2) is 4.79 Å². The van der Waals surface area contributed by atoms with Gasteiger partial charge in [-0.2, -0.15) is 0 Å². The fraction of sp³-hybridized carbons (Fsp3) is 0.591. The Balaban J connectivity index is 3.51. The largest absolute Gasteiger partial charge is 0.478 e. The lowest BCUT2D eigenvalue weighted by molar-refractivity contribution is -0.131. The molecular weight excluding hydrogens is 312 g/mol. The molecule has 0 aliphatic heterocycles. The molecule has 25 heavy (non-hydrogen) atoms. The molecule has 0 spiro atoms. The van der Waals surface area contributed by atoms with Crippen molar-refractivity contribution in [1.29, 1.82) is 0 Å². The van der Waals surface area contributed by atoms with E-state index in [1.165, 1.54) is 63.9 Å². The zero-order valence-electron chi connectivity index (χ0n) is 15.8. The molecule has 0 aromatic carbocycles. The fourth-order valence-corrected chi connectivity index (χ4v) is 2.52.